The van der Waals surface area contributed by atoms with Crippen molar-refractivity contribution in [2.24, 2.45) is 0 Å². The van der Waals surface area contributed by atoms with E-state index < -0.39 is 24.3 Å². The number of pyridine rings is 1. The van der Waals surface area contributed by atoms with Gasteiger partial charge in [0.05, 0.1) is 17.8 Å². The SMILES string of the molecule is CC1(C)OB(c2ccc(NC3CCO3)nc2F)OC1(C)C. The number of anilines is 1. The molecule has 0 aliphatic carbocycles. The number of rotatable bonds is 3. The molecule has 2 saturated heterocycles. The van der Waals surface area contributed by atoms with E-state index in [1.165, 1.54) is 0 Å². The molecule has 1 N–H and O–H groups in total. The summed E-state index contributed by atoms with van der Waals surface area (Å²) in [6.45, 7) is 8.46. The van der Waals surface area contributed by atoms with E-state index in [1.807, 2.05) is 27.7 Å². The molecule has 2 aliphatic heterocycles. The smallest absolute Gasteiger partial charge is 0.399 e. The number of halogens is 1. The zero-order valence-electron chi connectivity index (χ0n) is 12.8. The molecule has 5 nitrogen and oxygen atoms in total. The van der Waals surface area contributed by atoms with Gasteiger partial charge >= 0.3 is 7.12 Å². The van der Waals surface area contributed by atoms with Crippen molar-refractivity contribution in [3.63, 3.8) is 0 Å². The summed E-state index contributed by atoms with van der Waals surface area (Å²) >= 11 is 0. The minimum atomic E-state index is -0.739. The molecule has 1 atom stereocenters. The summed E-state index contributed by atoms with van der Waals surface area (Å²) in [4.78, 5) is 3.92. The molecule has 0 spiro atoms. The van der Waals surface area contributed by atoms with Crippen molar-refractivity contribution in [1.82, 2.24) is 4.98 Å². The fourth-order valence-electron chi connectivity index (χ4n) is 2.19. The molecular formula is C14H20BFN2O3. The van der Waals surface area contributed by atoms with Crippen LogP contribution in [-0.2, 0) is 14.0 Å². The number of ether oxygens (including phenoxy) is 1. The highest BCUT2D eigenvalue weighted by Gasteiger charge is 2.52. The molecule has 7 heteroatoms. The van der Waals surface area contributed by atoms with Crippen molar-refractivity contribution >= 4 is 18.4 Å². The van der Waals surface area contributed by atoms with Gasteiger partial charge in [0.1, 0.15) is 12.0 Å². The minimum absolute atomic E-state index is 0.0698. The van der Waals surface area contributed by atoms with Crippen LogP contribution in [0.15, 0.2) is 12.1 Å². The quantitative estimate of drug-likeness (QED) is 0.679. The van der Waals surface area contributed by atoms with Gasteiger partial charge in [-0.15, -0.1) is 0 Å². The molecular weight excluding hydrogens is 274 g/mol. The predicted molar refractivity (Wildman–Crippen MR) is 77.9 cm³/mol. The summed E-state index contributed by atoms with van der Waals surface area (Å²) in [5.41, 5.74) is -0.685. The highest BCUT2D eigenvalue weighted by atomic mass is 19.1. The molecule has 1 unspecified atom stereocenters. The van der Waals surface area contributed by atoms with E-state index in [2.05, 4.69) is 10.3 Å². The second-order valence-electron chi connectivity index (χ2n) is 6.46. The number of nitrogens with one attached hydrogen (secondary N) is 1. The van der Waals surface area contributed by atoms with Gasteiger partial charge in [-0.05, 0) is 33.8 Å². The van der Waals surface area contributed by atoms with Gasteiger partial charge in [0.15, 0.2) is 0 Å². The molecule has 0 radical (unpaired) electrons. The lowest BCUT2D eigenvalue weighted by atomic mass is 9.80. The third-order valence-electron chi connectivity index (χ3n) is 4.39. The van der Waals surface area contributed by atoms with Crippen LogP contribution in [0.3, 0.4) is 0 Å². The zero-order chi connectivity index (χ0) is 15.3. The molecule has 3 heterocycles. The van der Waals surface area contributed by atoms with Crippen LogP contribution >= 0.6 is 0 Å². The lowest BCUT2D eigenvalue weighted by Crippen LogP contribution is -2.41. The van der Waals surface area contributed by atoms with Crippen LogP contribution in [0.4, 0.5) is 10.2 Å². The maximum absolute atomic E-state index is 14.2. The van der Waals surface area contributed by atoms with Crippen LogP contribution in [0.5, 0.6) is 0 Å². The van der Waals surface area contributed by atoms with E-state index >= 15 is 0 Å². The largest absolute Gasteiger partial charge is 0.499 e. The molecule has 0 bridgehead atoms. The van der Waals surface area contributed by atoms with Crippen molar-refractivity contribution in [1.29, 1.82) is 0 Å². The maximum atomic E-state index is 14.2. The van der Waals surface area contributed by atoms with Gasteiger partial charge in [0, 0.05) is 11.9 Å². The maximum Gasteiger partial charge on any atom is 0.499 e. The van der Waals surface area contributed by atoms with Crippen molar-refractivity contribution in [2.45, 2.75) is 51.5 Å². The van der Waals surface area contributed by atoms with Gasteiger partial charge in [-0.3, -0.25) is 0 Å². The van der Waals surface area contributed by atoms with Crippen LogP contribution < -0.4 is 10.8 Å². The first-order valence-corrected chi connectivity index (χ1v) is 7.19. The highest BCUT2D eigenvalue weighted by Crippen LogP contribution is 2.36. The normalized spacial score (nSPS) is 26.5. The summed E-state index contributed by atoms with van der Waals surface area (Å²) in [5, 5.41) is 3.01. The fourth-order valence-corrected chi connectivity index (χ4v) is 2.19. The van der Waals surface area contributed by atoms with Crippen LogP contribution in [0, 0.1) is 5.95 Å². The van der Waals surface area contributed by atoms with Gasteiger partial charge in [-0.2, -0.15) is 4.39 Å². The van der Waals surface area contributed by atoms with E-state index in [0.29, 0.717) is 11.3 Å². The minimum Gasteiger partial charge on any atom is -0.399 e. The average molecular weight is 294 g/mol. The predicted octanol–water partition coefficient (Wildman–Crippen LogP) is 1.68. The third-order valence-corrected chi connectivity index (χ3v) is 4.39. The summed E-state index contributed by atoms with van der Waals surface area (Å²) < 4.78 is 31.1. The standard InChI is InChI=1S/C14H20BFN2O3/c1-13(2)14(3,4)21-15(20-13)9-5-6-10(18-12(9)16)17-11-7-8-19-11/h5-6,11H,7-8H2,1-4H3,(H,17,18). The Hall–Kier alpha value is -1.18. The Labute approximate surface area is 124 Å². The average Bonchev–Trinajstić information content (AvgIpc) is 2.53. The molecule has 0 amide bonds. The Morgan fingerprint density at radius 1 is 1.24 bits per heavy atom. The van der Waals surface area contributed by atoms with Crippen molar-refractivity contribution in [2.75, 3.05) is 11.9 Å². The lowest BCUT2D eigenvalue weighted by Gasteiger charge is -2.32. The molecule has 21 heavy (non-hydrogen) atoms. The van der Waals surface area contributed by atoms with Crippen molar-refractivity contribution < 1.29 is 18.4 Å². The van der Waals surface area contributed by atoms with Crippen LogP contribution in [0.25, 0.3) is 0 Å². The summed E-state index contributed by atoms with van der Waals surface area (Å²) in [7, 11) is -0.739. The Bertz CT molecular complexity index is 533. The fraction of sp³-hybridized carbons (Fsp3) is 0.643. The second-order valence-corrected chi connectivity index (χ2v) is 6.46. The van der Waals surface area contributed by atoms with Gasteiger partial charge in [-0.25, -0.2) is 4.98 Å². The third kappa shape index (κ3) is 2.65. The van der Waals surface area contributed by atoms with Gasteiger partial charge in [0.25, 0.3) is 0 Å². The molecule has 0 saturated carbocycles. The molecule has 1 aromatic rings. The zero-order valence-corrected chi connectivity index (χ0v) is 12.8. The Morgan fingerprint density at radius 2 is 1.86 bits per heavy atom. The van der Waals surface area contributed by atoms with Crippen LogP contribution in [0.2, 0.25) is 0 Å². The van der Waals surface area contributed by atoms with Crippen LogP contribution in [-0.4, -0.2) is 36.1 Å². The second kappa shape index (κ2) is 4.93. The molecule has 114 valence electrons. The number of nitrogens with zero attached hydrogens (tertiary/aromatic N) is 1. The lowest BCUT2D eigenvalue weighted by molar-refractivity contribution is -0.0315. The van der Waals surface area contributed by atoms with E-state index in [-0.39, 0.29) is 6.23 Å². The molecule has 3 rings (SSSR count). The van der Waals surface area contributed by atoms with Gasteiger partial charge in [0.2, 0.25) is 5.95 Å². The summed E-state index contributed by atoms with van der Waals surface area (Å²) in [5.74, 6) is -0.129. The van der Waals surface area contributed by atoms with E-state index in [4.69, 9.17) is 14.0 Å². The van der Waals surface area contributed by atoms with E-state index in [0.717, 1.165) is 13.0 Å². The number of aromatic nitrogens is 1. The Kier molecular flexibility index (Phi) is 3.46. The van der Waals surface area contributed by atoms with Gasteiger partial charge < -0.3 is 19.4 Å². The van der Waals surface area contributed by atoms with Gasteiger partial charge in [-0.1, -0.05) is 6.07 Å². The first-order valence-electron chi connectivity index (χ1n) is 7.19. The number of hydrogen-bond donors (Lipinski definition) is 1. The molecule has 2 fully saturated rings. The Balaban J connectivity index is 1.77. The molecule has 0 aromatic carbocycles. The topological polar surface area (TPSA) is 52.6 Å². The first-order chi connectivity index (χ1) is 9.78. The number of hydrogen-bond acceptors (Lipinski definition) is 5. The van der Waals surface area contributed by atoms with Crippen molar-refractivity contribution in [3.05, 3.63) is 18.1 Å². The monoisotopic (exact) mass is 294 g/mol. The summed E-state index contributed by atoms with van der Waals surface area (Å²) in [6, 6.07) is 3.36. The highest BCUT2D eigenvalue weighted by molar-refractivity contribution is 6.62. The van der Waals surface area contributed by atoms with Crippen LogP contribution in [0.1, 0.15) is 34.1 Å². The van der Waals surface area contributed by atoms with E-state index in [9.17, 15) is 4.39 Å². The summed E-state index contributed by atoms with van der Waals surface area (Å²) in [6.07, 6.45) is 0.835. The van der Waals surface area contributed by atoms with Crippen molar-refractivity contribution in [3.8, 4) is 0 Å². The Morgan fingerprint density at radius 3 is 2.33 bits per heavy atom. The van der Waals surface area contributed by atoms with E-state index in [1.54, 1.807) is 12.1 Å². The molecule has 2 aliphatic rings. The first kappa shape index (κ1) is 14.7. The molecule has 1 aromatic heterocycles.